The zero-order valence-corrected chi connectivity index (χ0v) is 12.7. The molecule has 0 aliphatic rings. The smallest absolute Gasteiger partial charge is 0.357 e. The molecule has 0 bridgehead atoms. The van der Waals surface area contributed by atoms with E-state index in [1.165, 1.54) is 23.5 Å². The van der Waals surface area contributed by atoms with E-state index in [-0.39, 0.29) is 17.2 Å². The van der Waals surface area contributed by atoms with Gasteiger partial charge in [-0.05, 0) is 25.1 Å². The first-order chi connectivity index (χ1) is 9.90. The molecule has 0 aliphatic carbocycles. The molecule has 0 fully saturated rings. The van der Waals surface area contributed by atoms with Gasteiger partial charge in [0, 0.05) is 11.1 Å². The first-order valence-corrected chi connectivity index (χ1v) is 8.35. The highest BCUT2D eigenvalue weighted by molar-refractivity contribution is 7.89. The summed E-state index contributed by atoms with van der Waals surface area (Å²) < 4.78 is 27.4. The van der Waals surface area contributed by atoms with E-state index in [1.807, 2.05) is 0 Å². The van der Waals surface area contributed by atoms with Gasteiger partial charge in [0.05, 0.1) is 11.5 Å². The molecule has 0 saturated heterocycles. The third kappa shape index (κ3) is 4.00. The normalized spacial score (nSPS) is 11.1. The van der Waals surface area contributed by atoms with Crippen LogP contribution in [-0.4, -0.2) is 26.0 Å². The van der Waals surface area contributed by atoms with E-state index in [0.717, 1.165) is 0 Å². The van der Waals surface area contributed by atoms with Crippen LogP contribution in [0.25, 0.3) is 0 Å². The van der Waals surface area contributed by atoms with E-state index in [2.05, 4.69) is 10.3 Å². The van der Waals surface area contributed by atoms with Crippen LogP contribution in [0.2, 0.25) is 0 Å². The van der Waals surface area contributed by atoms with Crippen molar-refractivity contribution in [3.63, 3.8) is 0 Å². The van der Waals surface area contributed by atoms with Gasteiger partial charge in [-0.3, -0.25) is 0 Å². The molecule has 1 aromatic carbocycles. The lowest BCUT2D eigenvalue weighted by Gasteiger charge is -2.04. The number of thiazole rings is 1. The zero-order chi connectivity index (χ0) is 15.5. The summed E-state index contributed by atoms with van der Waals surface area (Å²) in [5.74, 6) is -0.500. The van der Waals surface area contributed by atoms with Crippen LogP contribution in [-0.2, 0) is 14.8 Å². The predicted molar refractivity (Wildman–Crippen MR) is 79.2 cm³/mol. The van der Waals surface area contributed by atoms with Crippen LogP contribution >= 0.6 is 11.3 Å². The van der Waals surface area contributed by atoms with E-state index >= 15 is 0 Å². The quantitative estimate of drug-likeness (QED) is 0.809. The molecule has 21 heavy (non-hydrogen) atoms. The molecule has 0 unspecified atom stereocenters. The van der Waals surface area contributed by atoms with Crippen LogP contribution < -0.4 is 10.5 Å². The van der Waals surface area contributed by atoms with Gasteiger partial charge in [0.25, 0.3) is 0 Å². The first kappa shape index (κ1) is 15.4. The summed E-state index contributed by atoms with van der Waals surface area (Å²) in [5, 5.41) is 9.99. The zero-order valence-electron chi connectivity index (χ0n) is 11.1. The van der Waals surface area contributed by atoms with Crippen molar-refractivity contribution < 1.29 is 17.9 Å². The number of nitrogens with zero attached hydrogens (tertiary/aromatic N) is 1. The Kier molecular flexibility index (Phi) is 4.56. The Hall–Kier alpha value is -1.97. The van der Waals surface area contributed by atoms with Crippen molar-refractivity contribution in [2.75, 3.05) is 11.9 Å². The van der Waals surface area contributed by atoms with E-state index in [1.54, 1.807) is 24.4 Å². The van der Waals surface area contributed by atoms with Crippen LogP contribution in [0.5, 0.6) is 0 Å². The van der Waals surface area contributed by atoms with Gasteiger partial charge < -0.3 is 10.1 Å². The van der Waals surface area contributed by atoms with Gasteiger partial charge in [0.1, 0.15) is 0 Å². The number of nitrogens with two attached hydrogens (primary N) is 1. The molecule has 0 atom stereocenters. The fraction of sp³-hybridized carbons (Fsp3) is 0.167. The van der Waals surface area contributed by atoms with Crippen LogP contribution in [0.15, 0.2) is 34.5 Å². The number of rotatable bonds is 5. The highest BCUT2D eigenvalue weighted by Crippen LogP contribution is 2.23. The molecule has 1 aromatic heterocycles. The number of anilines is 2. The predicted octanol–water partition coefficient (Wildman–Crippen LogP) is 1.71. The van der Waals surface area contributed by atoms with Gasteiger partial charge in [-0.15, -0.1) is 11.3 Å². The lowest BCUT2D eigenvalue weighted by atomic mass is 10.3. The molecule has 112 valence electrons. The molecular weight excluding hydrogens is 314 g/mol. The number of primary sulfonamides is 1. The van der Waals surface area contributed by atoms with Gasteiger partial charge in [-0.25, -0.2) is 23.3 Å². The summed E-state index contributed by atoms with van der Waals surface area (Å²) in [6.07, 6.45) is 0. The number of aromatic nitrogens is 1. The Bertz CT molecular complexity index is 755. The van der Waals surface area contributed by atoms with Crippen molar-refractivity contribution in [1.29, 1.82) is 0 Å². The largest absolute Gasteiger partial charge is 0.461 e. The third-order valence-electron chi connectivity index (χ3n) is 2.40. The number of ether oxygens (including phenoxy) is 1. The molecule has 0 amide bonds. The van der Waals surface area contributed by atoms with Crippen molar-refractivity contribution in [2.24, 2.45) is 5.14 Å². The van der Waals surface area contributed by atoms with Crippen molar-refractivity contribution in [3.8, 4) is 0 Å². The number of nitrogens with one attached hydrogen (secondary N) is 1. The van der Waals surface area contributed by atoms with Gasteiger partial charge in [-0.2, -0.15) is 0 Å². The Morgan fingerprint density at radius 1 is 1.48 bits per heavy atom. The molecule has 1 heterocycles. The second kappa shape index (κ2) is 6.20. The molecule has 7 nitrogen and oxygen atoms in total. The number of hydrogen-bond donors (Lipinski definition) is 2. The van der Waals surface area contributed by atoms with Crippen molar-refractivity contribution in [2.45, 2.75) is 11.8 Å². The average Bonchev–Trinajstić information content (AvgIpc) is 2.87. The molecular formula is C12H13N3O4S2. The van der Waals surface area contributed by atoms with Gasteiger partial charge >= 0.3 is 5.97 Å². The number of sulfonamides is 1. The summed E-state index contributed by atoms with van der Waals surface area (Å²) in [5.41, 5.74) is 0.707. The van der Waals surface area contributed by atoms with Crippen molar-refractivity contribution >= 4 is 38.1 Å². The van der Waals surface area contributed by atoms with E-state index in [4.69, 9.17) is 9.88 Å². The highest BCUT2D eigenvalue weighted by Gasteiger charge is 2.12. The minimum absolute atomic E-state index is 0.00493. The highest BCUT2D eigenvalue weighted by atomic mass is 32.2. The number of carbonyl (C=O) groups is 1. The first-order valence-electron chi connectivity index (χ1n) is 5.92. The minimum atomic E-state index is -3.76. The molecule has 0 aliphatic heterocycles. The van der Waals surface area contributed by atoms with Crippen LogP contribution in [0.3, 0.4) is 0 Å². The maximum atomic E-state index is 11.5. The standard InChI is InChI=1S/C12H13N3O4S2/c1-2-19-11(16)10-7-20-12(15-10)14-8-4-3-5-9(6-8)21(13,17)18/h3-7H,2H2,1H3,(H,14,15)(H2,13,17,18). The SMILES string of the molecule is CCOC(=O)c1csc(Nc2cccc(S(N)(=O)=O)c2)n1. The molecule has 0 spiro atoms. The molecule has 9 heteroatoms. The van der Waals surface area contributed by atoms with E-state index in [0.29, 0.717) is 10.8 Å². The van der Waals surface area contributed by atoms with E-state index < -0.39 is 16.0 Å². The van der Waals surface area contributed by atoms with Gasteiger partial charge in [-0.1, -0.05) is 6.07 Å². The van der Waals surface area contributed by atoms with Crippen LogP contribution in [0.4, 0.5) is 10.8 Å². The fourth-order valence-corrected chi connectivity index (χ4v) is 2.76. The maximum Gasteiger partial charge on any atom is 0.357 e. The lowest BCUT2D eigenvalue weighted by Crippen LogP contribution is -2.12. The van der Waals surface area contributed by atoms with Crippen molar-refractivity contribution in [3.05, 3.63) is 35.3 Å². The minimum Gasteiger partial charge on any atom is -0.461 e. The Morgan fingerprint density at radius 2 is 2.24 bits per heavy atom. The molecule has 0 radical (unpaired) electrons. The second-order valence-electron chi connectivity index (χ2n) is 3.96. The van der Waals surface area contributed by atoms with E-state index in [9.17, 15) is 13.2 Å². The molecule has 3 N–H and O–H groups in total. The number of hydrogen-bond acceptors (Lipinski definition) is 7. The number of benzene rings is 1. The third-order valence-corrected chi connectivity index (χ3v) is 4.07. The molecule has 0 saturated carbocycles. The summed E-state index contributed by atoms with van der Waals surface area (Å²) >= 11 is 1.21. The van der Waals surface area contributed by atoms with Gasteiger partial charge in [0.15, 0.2) is 10.8 Å². The average molecular weight is 327 g/mol. The summed E-state index contributed by atoms with van der Waals surface area (Å²) in [7, 11) is -3.76. The number of carbonyl (C=O) groups excluding carboxylic acids is 1. The lowest BCUT2D eigenvalue weighted by molar-refractivity contribution is 0.0520. The van der Waals surface area contributed by atoms with Crippen LogP contribution in [0.1, 0.15) is 17.4 Å². The fourth-order valence-electron chi connectivity index (χ4n) is 1.50. The van der Waals surface area contributed by atoms with Crippen molar-refractivity contribution in [1.82, 2.24) is 4.98 Å². The monoisotopic (exact) mass is 327 g/mol. The van der Waals surface area contributed by atoms with Crippen LogP contribution in [0, 0.1) is 0 Å². The second-order valence-corrected chi connectivity index (χ2v) is 6.38. The topological polar surface area (TPSA) is 111 Å². The Morgan fingerprint density at radius 3 is 2.90 bits per heavy atom. The summed E-state index contributed by atoms with van der Waals surface area (Å²) in [6, 6.07) is 6.01. The Balaban J connectivity index is 2.18. The number of esters is 1. The maximum absolute atomic E-state index is 11.5. The Labute approximate surface area is 125 Å². The summed E-state index contributed by atoms with van der Waals surface area (Å²) in [6.45, 7) is 1.98. The summed E-state index contributed by atoms with van der Waals surface area (Å²) in [4.78, 5) is 15.6. The molecule has 2 aromatic rings. The van der Waals surface area contributed by atoms with Gasteiger partial charge in [0.2, 0.25) is 10.0 Å². The molecule has 2 rings (SSSR count).